The maximum Gasteiger partial charge on any atom is 0.318 e. The third-order valence-electron chi connectivity index (χ3n) is 4.82. The Kier molecular flexibility index (Phi) is 7.76. The van der Waals surface area contributed by atoms with Gasteiger partial charge in [0.1, 0.15) is 5.75 Å². The van der Waals surface area contributed by atoms with Gasteiger partial charge in [-0.05, 0) is 70.4 Å². The van der Waals surface area contributed by atoms with Crippen LogP contribution in [0.25, 0.3) is 0 Å². The van der Waals surface area contributed by atoms with Crippen molar-refractivity contribution < 1.29 is 9.53 Å². The highest BCUT2D eigenvalue weighted by Gasteiger charge is 2.28. The van der Waals surface area contributed by atoms with Crippen molar-refractivity contribution in [2.45, 2.75) is 59.2 Å². The number of likely N-dealkylation sites (tertiary alicyclic amines) is 1. The molecule has 0 spiro atoms. The maximum atomic E-state index is 12.8. The van der Waals surface area contributed by atoms with E-state index in [1.807, 2.05) is 29.2 Å². The first-order valence-corrected chi connectivity index (χ1v) is 9.83. The van der Waals surface area contributed by atoms with Gasteiger partial charge in [-0.25, -0.2) is 4.79 Å². The van der Waals surface area contributed by atoms with Gasteiger partial charge in [-0.15, -0.1) is 0 Å². The number of piperidine rings is 1. The first-order valence-electron chi connectivity index (χ1n) is 9.83. The third-order valence-corrected chi connectivity index (χ3v) is 4.82. The van der Waals surface area contributed by atoms with Crippen LogP contribution in [0.4, 0.5) is 4.79 Å². The van der Waals surface area contributed by atoms with Crippen molar-refractivity contribution in [1.82, 2.24) is 15.1 Å². The average Bonchev–Trinajstić information content (AvgIpc) is 2.60. The van der Waals surface area contributed by atoms with Gasteiger partial charge in [-0.3, -0.25) is 0 Å². The second kappa shape index (κ2) is 9.81. The molecule has 26 heavy (non-hydrogen) atoms. The third kappa shape index (κ3) is 6.20. The molecular formula is C21H35N3O2. The van der Waals surface area contributed by atoms with E-state index in [0.29, 0.717) is 18.5 Å². The van der Waals surface area contributed by atoms with Gasteiger partial charge >= 0.3 is 6.03 Å². The van der Waals surface area contributed by atoms with Crippen LogP contribution in [-0.2, 0) is 6.54 Å². The molecule has 0 aromatic heterocycles. The van der Waals surface area contributed by atoms with Crippen LogP contribution >= 0.6 is 0 Å². The molecule has 0 bridgehead atoms. The summed E-state index contributed by atoms with van der Waals surface area (Å²) in [7, 11) is 2.14. The first kappa shape index (κ1) is 20.6. The SMILES string of the molecule is CC(C)COc1ccc(CNC(=O)N(C(C)C)C2CCN(C)CC2)cc1. The Hall–Kier alpha value is -1.75. The molecule has 0 saturated carbocycles. The van der Waals surface area contributed by atoms with Gasteiger partial charge in [0, 0.05) is 18.6 Å². The van der Waals surface area contributed by atoms with Crippen molar-refractivity contribution in [3.05, 3.63) is 29.8 Å². The van der Waals surface area contributed by atoms with E-state index in [4.69, 9.17) is 4.74 Å². The molecule has 1 saturated heterocycles. The normalized spacial score (nSPS) is 16.1. The van der Waals surface area contributed by atoms with Crippen LogP contribution in [-0.4, -0.2) is 54.7 Å². The van der Waals surface area contributed by atoms with E-state index in [-0.39, 0.29) is 12.1 Å². The zero-order chi connectivity index (χ0) is 19.1. The Morgan fingerprint density at radius 3 is 2.35 bits per heavy atom. The number of carbonyl (C=O) groups is 1. The van der Waals surface area contributed by atoms with E-state index in [1.165, 1.54) is 0 Å². The molecule has 0 radical (unpaired) electrons. The summed E-state index contributed by atoms with van der Waals surface area (Å²) in [5.41, 5.74) is 1.09. The molecule has 1 aromatic rings. The average molecular weight is 362 g/mol. The number of nitrogens with zero attached hydrogens (tertiary/aromatic N) is 2. The molecule has 1 fully saturated rings. The van der Waals surface area contributed by atoms with E-state index in [9.17, 15) is 4.79 Å². The summed E-state index contributed by atoms with van der Waals surface area (Å²) in [5, 5.41) is 3.09. The molecule has 1 aromatic carbocycles. The van der Waals surface area contributed by atoms with Crippen molar-refractivity contribution in [2.24, 2.45) is 5.92 Å². The molecule has 146 valence electrons. The number of nitrogens with one attached hydrogen (secondary N) is 1. The van der Waals surface area contributed by atoms with Crippen LogP contribution in [0.1, 0.15) is 46.1 Å². The smallest absolute Gasteiger partial charge is 0.318 e. The van der Waals surface area contributed by atoms with Crippen molar-refractivity contribution in [3.63, 3.8) is 0 Å². The van der Waals surface area contributed by atoms with Crippen molar-refractivity contribution >= 4 is 6.03 Å². The number of benzene rings is 1. The van der Waals surface area contributed by atoms with E-state index in [2.05, 4.69) is 45.0 Å². The lowest BCUT2D eigenvalue weighted by molar-refractivity contribution is 0.112. The Morgan fingerprint density at radius 2 is 1.81 bits per heavy atom. The highest BCUT2D eigenvalue weighted by Crippen LogP contribution is 2.19. The van der Waals surface area contributed by atoms with Crippen LogP contribution in [0.15, 0.2) is 24.3 Å². The molecule has 5 nitrogen and oxygen atoms in total. The molecule has 0 unspecified atom stereocenters. The van der Waals surface area contributed by atoms with Crippen LogP contribution in [0, 0.1) is 5.92 Å². The summed E-state index contributed by atoms with van der Waals surface area (Å²) in [4.78, 5) is 17.1. The molecule has 0 aliphatic carbocycles. The number of carbonyl (C=O) groups excluding carboxylic acids is 1. The zero-order valence-electron chi connectivity index (χ0n) is 17.0. The molecule has 1 heterocycles. The number of rotatable bonds is 7. The van der Waals surface area contributed by atoms with Crippen LogP contribution in [0.2, 0.25) is 0 Å². The predicted molar refractivity (Wildman–Crippen MR) is 107 cm³/mol. The fraction of sp³-hybridized carbons (Fsp3) is 0.667. The van der Waals surface area contributed by atoms with Crippen LogP contribution in [0.3, 0.4) is 0 Å². The Labute approximate surface area is 158 Å². The minimum atomic E-state index is 0.0367. The second-order valence-electron chi connectivity index (χ2n) is 8.04. The molecule has 2 rings (SSSR count). The van der Waals surface area contributed by atoms with Crippen molar-refractivity contribution in [1.29, 1.82) is 0 Å². The van der Waals surface area contributed by atoms with Gasteiger partial charge in [-0.1, -0.05) is 26.0 Å². The van der Waals surface area contributed by atoms with E-state index in [1.54, 1.807) is 0 Å². The quantitative estimate of drug-likeness (QED) is 0.805. The van der Waals surface area contributed by atoms with Gasteiger partial charge in [0.05, 0.1) is 6.61 Å². The first-order chi connectivity index (χ1) is 12.4. The zero-order valence-corrected chi connectivity index (χ0v) is 17.0. The lowest BCUT2D eigenvalue weighted by Gasteiger charge is -2.39. The van der Waals surface area contributed by atoms with Gasteiger partial charge in [0.25, 0.3) is 0 Å². The summed E-state index contributed by atoms with van der Waals surface area (Å²) in [5.74, 6) is 1.39. The number of amides is 2. The summed E-state index contributed by atoms with van der Waals surface area (Å²) >= 11 is 0. The number of hydrogen-bond acceptors (Lipinski definition) is 3. The largest absolute Gasteiger partial charge is 0.493 e. The molecule has 2 amide bonds. The summed E-state index contributed by atoms with van der Waals surface area (Å²) in [6, 6.07) is 8.56. The monoisotopic (exact) mass is 361 g/mol. The molecule has 0 atom stereocenters. The molecule has 1 N–H and O–H groups in total. The van der Waals surface area contributed by atoms with Gasteiger partial charge in [-0.2, -0.15) is 0 Å². The molecular weight excluding hydrogens is 326 g/mol. The summed E-state index contributed by atoms with van der Waals surface area (Å²) < 4.78 is 5.71. The molecule has 1 aliphatic heterocycles. The molecule has 5 heteroatoms. The summed E-state index contributed by atoms with van der Waals surface area (Å²) in [6.07, 6.45) is 2.09. The van der Waals surface area contributed by atoms with E-state index >= 15 is 0 Å². The number of hydrogen-bond donors (Lipinski definition) is 1. The Bertz CT molecular complexity index is 549. The minimum absolute atomic E-state index is 0.0367. The van der Waals surface area contributed by atoms with Gasteiger partial charge in [0.2, 0.25) is 0 Å². The number of urea groups is 1. The number of ether oxygens (including phenoxy) is 1. The topological polar surface area (TPSA) is 44.8 Å². The highest BCUT2D eigenvalue weighted by atomic mass is 16.5. The Morgan fingerprint density at radius 1 is 1.19 bits per heavy atom. The van der Waals surface area contributed by atoms with Crippen molar-refractivity contribution in [3.8, 4) is 5.75 Å². The highest BCUT2D eigenvalue weighted by molar-refractivity contribution is 5.74. The minimum Gasteiger partial charge on any atom is -0.493 e. The van der Waals surface area contributed by atoms with E-state index < -0.39 is 0 Å². The van der Waals surface area contributed by atoms with Crippen LogP contribution < -0.4 is 10.1 Å². The maximum absolute atomic E-state index is 12.8. The summed E-state index contributed by atoms with van der Waals surface area (Å²) in [6.45, 7) is 11.8. The fourth-order valence-corrected chi connectivity index (χ4v) is 3.33. The second-order valence-corrected chi connectivity index (χ2v) is 8.04. The lowest BCUT2D eigenvalue weighted by atomic mass is 10.0. The van der Waals surface area contributed by atoms with Gasteiger partial charge < -0.3 is 19.9 Å². The van der Waals surface area contributed by atoms with E-state index in [0.717, 1.165) is 43.9 Å². The standard InChI is InChI=1S/C21H35N3O2/c1-16(2)15-26-20-8-6-18(7-9-20)14-22-21(25)24(17(3)4)19-10-12-23(5)13-11-19/h6-9,16-17,19H,10-15H2,1-5H3,(H,22,25). The lowest BCUT2D eigenvalue weighted by Crippen LogP contribution is -2.52. The van der Waals surface area contributed by atoms with Gasteiger partial charge in [0.15, 0.2) is 0 Å². The predicted octanol–water partition coefficient (Wildman–Crippen LogP) is 3.74. The Balaban J connectivity index is 1.87. The van der Waals surface area contributed by atoms with Crippen LogP contribution in [0.5, 0.6) is 5.75 Å². The van der Waals surface area contributed by atoms with Crippen molar-refractivity contribution in [2.75, 3.05) is 26.7 Å². The fourth-order valence-electron chi connectivity index (χ4n) is 3.33. The molecule has 1 aliphatic rings.